The van der Waals surface area contributed by atoms with Crippen LogP contribution in [0.25, 0.3) is 10.3 Å². The lowest BCUT2D eigenvalue weighted by atomic mass is 10.2. The predicted molar refractivity (Wildman–Crippen MR) is 87.5 cm³/mol. The summed E-state index contributed by atoms with van der Waals surface area (Å²) >= 11 is 1.34. The number of fused-ring (bicyclic) bond motifs is 1. The average Bonchev–Trinajstić information content (AvgIpc) is 2.84. The summed E-state index contributed by atoms with van der Waals surface area (Å²) in [7, 11) is 0. The summed E-state index contributed by atoms with van der Waals surface area (Å²) in [5, 5.41) is 0. The molecule has 0 aliphatic rings. The van der Waals surface area contributed by atoms with Crippen LogP contribution in [0.4, 0.5) is 5.69 Å². The number of thiophene rings is 1. The SMILES string of the molecule is CCCCN(CCCC)C(=O)c1sc2nccnc2c1N. The van der Waals surface area contributed by atoms with E-state index >= 15 is 0 Å². The molecule has 6 heteroatoms. The van der Waals surface area contributed by atoms with Crippen LogP contribution in [0.1, 0.15) is 49.2 Å². The van der Waals surface area contributed by atoms with Gasteiger partial charge in [-0.3, -0.25) is 4.79 Å². The number of nitrogens with zero attached hydrogens (tertiary/aromatic N) is 3. The first kappa shape index (κ1) is 15.7. The highest BCUT2D eigenvalue weighted by atomic mass is 32.1. The maximum absolute atomic E-state index is 12.7. The molecule has 0 atom stereocenters. The third kappa shape index (κ3) is 3.50. The topological polar surface area (TPSA) is 72.1 Å². The molecule has 2 aromatic heterocycles. The van der Waals surface area contributed by atoms with E-state index in [1.165, 1.54) is 11.3 Å². The van der Waals surface area contributed by atoms with E-state index in [0.29, 0.717) is 16.1 Å². The Labute approximate surface area is 129 Å². The first-order chi connectivity index (χ1) is 10.2. The van der Waals surface area contributed by atoms with Crippen LogP contribution in [0.15, 0.2) is 12.4 Å². The number of hydrogen-bond acceptors (Lipinski definition) is 5. The molecule has 1 amide bonds. The molecule has 21 heavy (non-hydrogen) atoms. The van der Waals surface area contributed by atoms with Crippen molar-refractivity contribution >= 4 is 33.3 Å². The third-order valence-electron chi connectivity index (χ3n) is 3.41. The molecule has 0 saturated carbocycles. The van der Waals surface area contributed by atoms with Crippen LogP contribution in [0.3, 0.4) is 0 Å². The molecule has 0 unspecified atom stereocenters. The highest BCUT2D eigenvalue weighted by Gasteiger charge is 2.22. The third-order valence-corrected chi connectivity index (χ3v) is 4.50. The molecule has 0 aromatic carbocycles. The van der Waals surface area contributed by atoms with E-state index in [9.17, 15) is 4.79 Å². The van der Waals surface area contributed by atoms with E-state index in [-0.39, 0.29) is 5.91 Å². The summed E-state index contributed by atoms with van der Waals surface area (Å²) < 4.78 is 0. The van der Waals surface area contributed by atoms with Crippen molar-refractivity contribution in [1.82, 2.24) is 14.9 Å². The van der Waals surface area contributed by atoms with Crippen LogP contribution in [-0.2, 0) is 0 Å². The second-order valence-electron chi connectivity index (χ2n) is 5.05. The van der Waals surface area contributed by atoms with Gasteiger partial charge in [-0.2, -0.15) is 0 Å². The van der Waals surface area contributed by atoms with E-state index in [4.69, 9.17) is 5.73 Å². The molecule has 0 aliphatic heterocycles. The van der Waals surface area contributed by atoms with Gasteiger partial charge in [-0.05, 0) is 12.8 Å². The minimum atomic E-state index is 0.0131. The first-order valence-corrected chi connectivity index (χ1v) is 8.28. The highest BCUT2D eigenvalue weighted by molar-refractivity contribution is 7.21. The summed E-state index contributed by atoms with van der Waals surface area (Å²) in [6, 6.07) is 0. The maximum Gasteiger partial charge on any atom is 0.266 e. The molecule has 0 aliphatic carbocycles. The highest BCUT2D eigenvalue weighted by Crippen LogP contribution is 2.31. The largest absolute Gasteiger partial charge is 0.396 e. The van der Waals surface area contributed by atoms with Crippen LogP contribution in [-0.4, -0.2) is 33.9 Å². The molecular formula is C15H22N4OS. The quantitative estimate of drug-likeness (QED) is 0.851. The van der Waals surface area contributed by atoms with E-state index < -0.39 is 0 Å². The van der Waals surface area contributed by atoms with E-state index in [1.54, 1.807) is 12.4 Å². The van der Waals surface area contributed by atoms with Crippen LogP contribution < -0.4 is 5.73 Å². The van der Waals surface area contributed by atoms with Crippen LogP contribution in [0.2, 0.25) is 0 Å². The zero-order valence-electron chi connectivity index (χ0n) is 12.6. The second-order valence-corrected chi connectivity index (χ2v) is 6.05. The lowest BCUT2D eigenvalue weighted by Gasteiger charge is -2.22. The summed E-state index contributed by atoms with van der Waals surface area (Å²) in [6.45, 7) is 5.82. The fraction of sp³-hybridized carbons (Fsp3) is 0.533. The predicted octanol–water partition coefficient (Wildman–Crippen LogP) is 3.32. The lowest BCUT2D eigenvalue weighted by molar-refractivity contribution is 0.0757. The normalized spacial score (nSPS) is 11.0. The van der Waals surface area contributed by atoms with Gasteiger partial charge in [0.05, 0.1) is 5.69 Å². The summed E-state index contributed by atoms with van der Waals surface area (Å²) in [6.07, 6.45) is 7.39. The Morgan fingerprint density at radius 1 is 1.19 bits per heavy atom. The Morgan fingerprint density at radius 2 is 1.81 bits per heavy atom. The fourth-order valence-electron chi connectivity index (χ4n) is 2.16. The monoisotopic (exact) mass is 306 g/mol. The Bertz CT molecular complexity index is 603. The van der Waals surface area contributed by atoms with Crippen molar-refractivity contribution in [1.29, 1.82) is 0 Å². The standard InChI is InChI=1S/C15H22N4OS/c1-3-5-9-19(10-6-4-2)15(20)13-11(16)12-14(21-13)18-8-7-17-12/h7-8H,3-6,9-10,16H2,1-2H3. The molecule has 0 bridgehead atoms. The molecule has 5 nitrogen and oxygen atoms in total. The molecule has 0 saturated heterocycles. The van der Waals surface area contributed by atoms with Crippen molar-refractivity contribution in [2.75, 3.05) is 18.8 Å². The lowest BCUT2D eigenvalue weighted by Crippen LogP contribution is -2.32. The van der Waals surface area contributed by atoms with Gasteiger partial charge in [0.1, 0.15) is 15.2 Å². The zero-order valence-corrected chi connectivity index (χ0v) is 13.4. The molecule has 114 valence electrons. The van der Waals surface area contributed by atoms with Gasteiger partial charge in [-0.1, -0.05) is 26.7 Å². The van der Waals surface area contributed by atoms with Crippen LogP contribution in [0, 0.1) is 0 Å². The first-order valence-electron chi connectivity index (χ1n) is 7.47. The van der Waals surface area contributed by atoms with Crippen LogP contribution >= 0.6 is 11.3 Å². The van der Waals surface area contributed by atoms with Crippen LogP contribution in [0.5, 0.6) is 0 Å². The van der Waals surface area contributed by atoms with Gasteiger partial charge in [0, 0.05) is 25.5 Å². The number of aromatic nitrogens is 2. The van der Waals surface area contributed by atoms with Crippen molar-refractivity contribution in [2.24, 2.45) is 0 Å². The van der Waals surface area contributed by atoms with E-state index in [2.05, 4.69) is 23.8 Å². The Kier molecular flexibility index (Phi) is 5.50. The number of nitrogens with two attached hydrogens (primary N) is 1. The molecule has 2 N–H and O–H groups in total. The van der Waals surface area contributed by atoms with Gasteiger partial charge in [0.25, 0.3) is 5.91 Å². The van der Waals surface area contributed by atoms with Crippen molar-refractivity contribution in [2.45, 2.75) is 39.5 Å². The maximum atomic E-state index is 12.7. The number of amides is 1. The van der Waals surface area contributed by atoms with Gasteiger partial charge in [0.2, 0.25) is 0 Å². The van der Waals surface area contributed by atoms with Crippen molar-refractivity contribution in [3.05, 3.63) is 17.3 Å². The Hall–Kier alpha value is -1.69. The summed E-state index contributed by atoms with van der Waals surface area (Å²) in [4.78, 5) is 24.4. The van der Waals surface area contributed by atoms with Gasteiger partial charge >= 0.3 is 0 Å². The molecule has 0 fully saturated rings. The van der Waals surface area contributed by atoms with E-state index in [0.717, 1.165) is 43.6 Å². The average molecular weight is 306 g/mol. The number of rotatable bonds is 7. The smallest absolute Gasteiger partial charge is 0.266 e. The second kappa shape index (κ2) is 7.36. The minimum absolute atomic E-state index is 0.0131. The number of unbranched alkanes of at least 4 members (excludes halogenated alkanes) is 2. The number of nitrogen functional groups attached to an aromatic ring is 1. The molecule has 2 rings (SSSR count). The molecule has 2 heterocycles. The fourth-order valence-corrected chi connectivity index (χ4v) is 3.15. The molecule has 0 spiro atoms. The summed E-state index contributed by atoms with van der Waals surface area (Å²) in [5.74, 6) is 0.0131. The molecule has 0 radical (unpaired) electrons. The van der Waals surface area contributed by atoms with Gasteiger partial charge < -0.3 is 10.6 Å². The Morgan fingerprint density at radius 3 is 2.38 bits per heavy atom. The number of anilines is 1. The van der Waals surface area contributed by atoms with Gasteiger partial charge in [0.15, 0.2) is 0 Å². The number of carbonyl (C=O) groups excluding carboxylic acids is 1. The van der Waals surface area contributed by atoms with Gasteiger partial charge in [-0.15, -0.1) is 11.3 Å². The van der Waals surface area contributed by atoms with Crippen molar-refractivity contribution in [3.8, 4) is 0 Å². The summed E-state index contributed by atoms with van der Waals surface area (Å²) in [5.41, 5.74) is 7.20. The molecule has 2 aromatic rings. The minimum Gasteiger partial charge on any atom is -0.396 e. The van der Waals surface area contributed by atoms with Crippen molar-refractivity contribution < 1.29 is 4.79 Å². The number of hydrogen-bond donors (Lipinski definition) is 1. The Balaban J connectivity index is 2.26. The van der Waals surface area contributed by atoms with Crippen molar-refractivity contribution in [3.63, 3.8) is 0 Å². The molecular weight excluding hydrogens is 284 g/mol. The zero-order chi connectivity index (χ0) is 15.2. The van der Waals surface area contributed by atoms with E-state index in [1.807, 2.05) is 4.90 Å². The van der Waals surface area contributed by atoms with Gasteiger partial charge in [-0.25, -0.2) is 9.97 Å². The number of carbonyl (C=O) groups is 1.